The average Bonchev–Trinajstić information content (AvgIpc) is 2.21. The molecule has 14 heavy (non-hydrogen) atoms. The number of piperazine rings is 1. The first-order chi connectivity index (χ1) is 6.86. The van der Waals surface area contributed by atoms with Crippen molar-refractivity contribution in [3.8, 4) is 0 Å². The average molecular weight is 201 g/mol. The minimum atomic E-state index is 0.285. The van der Waals surface area contributed by atoms with E-state index in [1.165, 1.54) is 13.0 Å². The normalized spacial score (nSPS) is 20.1. The van der Waals surface area contributed by atoms with E-state index in [-0.39, 0.29) is 6.61 Å². The number of nitrogens with two attached hydrogens (primary N) is 1. The second-order valence-corrected chi connectivity index (χ2v) is 3.90. The molecule has 1 rings (SSSR count). The number of unbranched alkanes of at least 4 members (excludes halogenated alkanes) is 1. The van der Waals surface area contributed by atoms with Crippen molar-refractivity contribution in [2.45, 2.75) is 12.8 Å². The molecule has 1 fully saturated rings. The van der Waals surface area contributed by atoms with E-state index in [9.17, 15) is 0 Å². The zero-order valence-electron chi connectivity index (χ0n) is 8.99. The Morgan fingerprint density at radius 3 is 2.00 bits per heavy atom. The highest BCUT2D eigenvalue weighted by atomic mass is 16.3. The van der Waals surface area contributed by atoms with Gasteiger partial charge in [0, 0.05) is 32.7 Å². The van der Waals surface area contributed by atoms with Crippen molar-refractivity contribution < 1.29 is 5.11 Å². The summed E-state index contributed by atoms with van der Waals surface area (Å²) in [4.78, 5) is 4.81. The summed E-state index contributed by atoms with van der Waals surface area (Å²) in [6, 6.07) is 0. The van der Waals surface area contributed by atoms with Gasteiger partial charge in [-0.25, -0.2) is 0 Å². The van der Waals surface area contributed by atoms with Gasteiger partial charge in [-0.05, 0) is 25.9 Å². The number of aliphatic hydroxyl groups excluding tert-OH is 1. The first-order valence-corrected chi connectivity index (χ1v) is 5.62. The summed E-state index contributed by atoms with van der Waals surface area (Å²) in [5.41, 5.74) is 5.45. The van der Waals surface area contributed by atoms with E-state index < -0.39 is 0 Å². The smallest absolute Gasteiger partial charge is 0.0558 e. The Kier molecular flexibility index (Phi) is 6.10. The fraction of sp³-hybridized carbons (Fsp3) is 1.00. The van der Waals surface area contributed by atoms with Gasteiger partial charge in [0.2, 0.25) is 0 Å². The van der Waals surface area contributed by atoms with Crippen LogP contribution in [0, 0.1) is 0 Å². The number of nitrogens with zero attached hydrogens (tertiary/aromatic N) is 2. The largest absolute Gasteiger partial charge is 0.395 e. The highest BCUT2D eigenvalue weighted by molar-refractivity contribution is 4.71. The van der Waals surface area contributed by atoms with Gasteiger partial charge in [-0.15, -0.1) is 0 Å². The van der Waals surface area contributed by atoms with Crippen LogP contribution in [0.5, 0.6) is 0 Å². The third kappa shape index (κ3) is 4.37. The standard InChI is InChI=1S/C10H23N3O/c11-3-1-2-4-12-5-7-13(8-6-12)9-10-14/h14H,1-11H2. The molecule has 4 nitrogen and oxygen atoms in total. The van der Waals surface area contributed by atoms with Crippen LogP contribution in [0.25, 0.3) is 0 Å². The van der Waals surface area contributed by atoms with Crippen LogP contribution in [-0.4, -0.2) is 67.3 Å². The summed E-state index contributed by atoms with van der Waals surface area (Å²) in [6.07, 6.45) is 2.35. The molecule has 0 spiro atoms. The van der Waals surface area contributed by atoms with Crippen molar-refractivity contribution in [3.63, 3.8) is 0 Å². The molecule has 1 heterocycles. The Balaban J connectivity index is 2.03. The molecular formula is C10H23N3O. The summed E-state index contributed by atoms with van der Waals surface area (Å²) < 4.78 is 0. The van der Waals surface area contributed by atoms with Crippen LogP contribution < -0.4 is 5.73 Å². The lowest BCUT2D eigenvalue weighted by Gasteiger charge is -2.34. The number of hydrogen-bond donors (Lipinski definition) is 2. The van der Waals surface area contributed by atoms with Crippen LogP contribution >= 0.6 is 0 Å². The molecule has 0 aliphatic carbocycles. The van der Waals surface area contributed by atoms with Crippen LogP contribution in [-0.2, 0) is 0 Å². The van der Waals surface area contributed by atoms with Crippen molar-refractivity contribution in [2.75, 3.05) is 52.4 Å². The first kappa shape index (κ1) is 11.9. The van der Waals surface area contributed by atoms with E-state index in [0.29, 0.717) is 0 Å². The Morgan fingerprint density at radius 2 is 1.50 bits per heavy atom. The molecule has 0 bridgehead atoms. The van der Waals surface area contributed by atoms with Crippen LogP contribution in [0.2, 0.25) is 0 Å². The van der Waals surface area contributed by atoms with Crippen LogP contribution in [0.15, 0.2) is 0 Å². The fourth-order valence-electron chi connectivity index (χ4n) is 1.86. The van der Waals surface area contributed by atoms with Crippen molar-refractivity contribution in [3.05, 3.63) is 0 Å². The van der Waals surface area contributed by atoms with Crippen LogP contribution in [0.3, 0.4) is 0 Å². The summed E-state index contributed by atoms with van der Waals surface area (Å²) in [6.45, 7) is 7.60. The molecule has 4 heteroatoms. The molecule has 1 saturated heterocycles. The molecule has 0 aromatic carbocycles. The van der Waals surface area contributed by atoms with Gasteiger partial charge in [0.15, 0.2) is 0 Å². The summed E-state index contributed by atoms with van der Waals surface area (Å²) in [5.74, 6) is 0. The Labute approximate surface area is 86.7 Å². The van der Waals surface area contributed by atoms with Gasteiger partial charge < -0.3 is 15.7 Å². The summed E-state index contributed by atoms with van der Waals surface area (Å²) in [7, 11) is 0. The lowest BCUT2D eigenvalue weighted by molar-refractivity contribution is 0.111. The van der Waals surface area contributed by atoms with Gasteiger partial charge in [-0.2, -0.15) is 0 Å². The lowest BCUT2D eigenvalue weighted by atomic mass is 10.2. The van der Waals surface area contributed by atoms with Crippen molar-refractivity contribution in [1.82, 2.24) is 9.80 Å². The quantitative estimate of drug-likeness (QED) is 0.560. The molecule has 0 amide bonds. The van der Waals surface area contributed by atoms with Gasteiger partial charge >= 0.3 is 0 Å². The van der Waals surface area contributed by atoms with Gasteiger partial charge in [-0.1, -0.05) is 0 Å². The van der Waals surface area contributed by atoms with Crippen molar-refractivity contribution >= 4 is 0 Å². The highest BCUT2D eigenvalue weighted by Gasteiger charge is 2.15. The van der Waals surface area contributed by atoms with Gasteiger partial charge in [0.1, 0.15) is 0 Å². The van der Waals surface area contributed by atoms with E-state index in [4.69, 9.17) is 10.8 Å². The van der Waals surface area contributed by atoms with E-state index in [1.54, 1.807) is 0 Å². The molecular weight excluding hydrogens is 178 g/mol. The Hall–Kier alpha value is -0.160. The van der Waals surface area contributed by atoms with Crippen LogP contribution in [0.4, 0.5) is 0 Å². The molecule has 1 aliphatic rings. The summed E-state index contributed by atoms with van der Waals surface area (Å²) in [5, 5.41) is 8.79. The van der Waals surface area contributed by atoms with E-state index >= 15 is 0 Å². The number of β-amino-alcohol motifs (C(OH)–C–C–N with tert-alkyl or cyclic N) is 1. The molecule has 0 atom stereocenters. The lowest BCUT2D eigenvalue weighted by Crippen LogP contribution is -2.47. The fourth-order valence-corrected chi connectivity index (χ4v) is 1.86. The van der Waals surface area contributed by atoms with Gasteiger partial charge in [0.25, 0.3) is 0 Å². The van der Waals surface area contributed by atoms with Gasteiger partial charge in [-0.3, -0.25) is 4.90 Å². The van der Waals surface area contributed by atoms with Gasteiger partial charge in [0.05, 0.1) is 6.61 Å². The molecule has 1 aliphatic heterocycles. The van der Waals surface area contributed by atoms with Crippen LogP contribution in [0.1, 0.15) is 12.8 Å². The van der Waals surface area contributed by atoms with E-state index in [0.717, 1.165) is 45.7 Å². The minimum absolute atomic E-state index is 0.285. The van der Waals surface area contributed by atoms with E-state index in [2.05, 4.69) is 9.80 Å². The number of hydrogen-bond acceptors (Lipinski definition) is 4. The highest BCUT2D eigenvalue weighted by Crippen LogP contribution is 2.02. The van der Waals surface area contributed by atoms with Crippen molar-refractivity contribution in [1.29, 1.82) is 0 Å². The van der Waals surface area contributed by atoms with E-state index in [1.807, 2.05) is 0 Å². The first-order valence-electron chi connectivity index (χ1n) is 5.62. The Morgan fingerprint density at radius 1 is 0.929 bits per heavy atom. The maximum absolute atomic E-state index is 8.79. The zero-order chi connectivity index (χ0) is 10.2. The molecule has 3 N–H and O–H groups in total. The molecule has 0 unspecified atom stereocenters. The predicted molar refractivity (Wildman–Crippen MR) is 58.3 cm³/mol. The second kappa shape index (κ2) is 7.17. The third-order valence-electron chi connectivity index (χ3n) is 2.81. The minimum Gasteiger partial charge on any atom is -0.395 e. The molecule has 0 aromatic heterocycles. The number of rotatable bonds is 6. The topological polar surface area (TPSA) is 52.7 Å². The van der Waals surface area contributed by atoms with Crippen molar-refractivity contribution in [2.24, 2.45) is 5.73 Å². The molecule has 0 saturated carbocycles. The molecule has 84 valence electrons. The molecule has 0 radical (unpaired) electrons. The summed E-state index contributed by atoms with van der Waals surface area (Å²) >= 11 is 0. The third-order valence-corrected chi connectivity index (χ3v) is 2.81. The Bertz CT molecular complexity index is 135. The maximum atomic E-state index is 8.79. The monoisotopic (exact) mass is 201 g/mol. The second-order valence-electron chi connectivity index (χ2n) is 3.90. The SMILES string of the molecule is NCCCCN1CCN(CCO)CC1. The predicted octanol–water partition coefficient (Wildman–Crippen LogP) is -0.665. The molecule has 0 aromatic rings. The number of aliphatic hydroxyl groups is 1. The zero-order valence-corrected chi connectivity index (χ0v) is 8.99. The maximum Gasteiger partial charge on any atom is 0.0558 e.